The summed E-state index contributed by atoms with van der Waals surface area (Å²) in [5, 5.41) is 13.7. The first kappa shape index (κ1) is 14.7. The Labute approximate surface area is 95.4 Å². The average molecular weight is 232 g/mol. The third-order valence-electron chi connectivity index (χ3n) is 2.22. The summed E-state index contributed by atoms with van der Waals surface area (Å²) in [4.78, 5) is 21.7. The number of ether oxygens (including phenoxy) is 1. The smallest absolute Gasteiger partial charge is 0.314 e. The number of aliphatic carboxylic acids is 1. The van der Waals surface area contributed by atoms with Gasteiger partial charge in [-0.15, -0.1) is 0 Å². The van der Waals surface area contributed by atoms with Crippen molar-refractivity contribution in [2.75, 3.05) is 20.2 Å². The fourth-order valence-electron chi connectivity index (χ4n) is 0.761. The number of carboxylic acids is 1. The summed E-state index contributed by atoms with van der Waals surface area (Å²) in [6, 6.07) is -0.391. The SMILES string of the molecule is COC(C)(C)CNC(=O)NCC(C)C(=O)O. The van der Waals surface area contributed by atoms with Gasteiger partial charge in [0.1, 0.15) is 0 Å². The average Bonchev–Trinajstić information content (AvgIpc) is 2.23. The number of carbonyl (C=O) groups is 2. The molecule has 0 aromatic rings. The van der Waals surface area contributed by atoms with Crippen LogP contribution in [-0.2, 0) is 9.53 Å². The molecule has 6 nitrogen and oxygen atoms in total. The number of hydrogen-bond acceptors (Lipinski definition) is 3. The predicted molar refractivity (Wildman–Crippen MR) is 59.3 cm³/mol. The Hall–Kier alpha value is -1.30. The molecule has 0 bridgehead atoms. The molecule has 0 saturated heterocycles. The molecule has 0 aromatic carbocycles. The fourth-order valence-corrected chi connectivity index (χ4v) is 0.761. The zero-order valence-electron chi connectivity index (χ0n) is 10.2. The van der Waals surface area contributed by atoms with Gasteiger partial charge in [-0.25, -0.2) is 4.79 Å². The van der Waals surface area contributed by atoms with E-state index in [-0.39, 0.29) is 6.54 Å². The van der Waals surface area contributed by atoms with Gasteiger partial charge in [0, 0.05) is 20.2 Å². The molecule has 6 heteroatoms. The lowest BCUT2D eigenvalue weighted by molar-refractivity contribution is -0.140. The van der Waals surface area contributed by atoms with Crippen LogP contribution >= 0.6 is 0 Å². The van der Waals surface area contributed by atoms with Crippen molar-refractivity contribution in [2.45, 2.75) is 26.4 Å². The zero-order valence-corrected chi connectivity index (χ0v) is 10.2. The van der Waals surface area contributed by atoms with E-state index in [0.717, 1.165) is 0 Å². The van der Waals surface area contributed by atoms with Crippen molar-refractivity contribution in [1.29, 1.82) is 0 Å². The summed E-state index contributed by atoms with van der Waals surface area (Å²) in [5.41, 5.74) is -0.435. The molecular weight excluding hydrogens is 212 g/mol. The summed E-state index contributed by atoms with van der Waals surface area (Å²) in [7, 11) is 1.56. The second-order valence-electron chi connectivity index (χ2n) is 4.27. The molecule has 3 N–H and O–H groups in total. The highest BCUT2D eigenvalue weighted by Gasteiger charge is 2.18. The second-order valence-corrected chi connectivity index (χ2v) is 4.27. The first-order chi connectivity index (χ1) is 7.28. The molecule has 0 saturated carbocycles. The minimum atomic E-state index is -0.933. The van der Waals surface area contributed by atoms with Gasteiger partial charge in [0.05, 0.1) is 11.5 Å². The Morgan fingerprint density at radius 2 is 1.94 bits per heavy atom. The molecule has 16 heavy (non-hydrogen) atoms. The maximum absolute atomic E-state index is 11.3. The van der Waals surface area contributed by atoms with Crippen molar-refractivity contribution in [3.05, 3.63) is 0 Å². The number of methoxy groups -OCH3 is 1. The number of nitrogens with one attached hydrogen (secondary N) is 2. The molecule has 1 unspecified atom stereocenters. The predicted octanol–water partition coefficient (Wildman–Crippen LogP) is 0.431. The van der Waals surface area contributed by atoms with Gasteiger partial charge < -0.3 is 20.5 Å². The molecule has 0 aliphatic heterocycles. The fraction of sp³-hybridized carbons (Fsp3) is 0.800. The van der Waals surface area contributed by atoms with Crippen molar-refractivity contribution >= 4 is 12.0 Å². The van der Waals surface area contributed by atoms with Gasteiger partial charge in [-0.1, -0.05) is 6.92 Å². The second kappa shape index (κ2) is 6.32. The number of carboxylic acid groups (broad SMARTS) is 1. The quantitative estimate of drug-likeness (QED) is 0.619. The normalized spacial score (nSPS) is 13.0. The highest BCUT2D eigenvalue weighted by atomic mass is 16.5. The van der Waals surface area contributed by atoms with Crippen LogP contribution in [0.15, 0.2) is 0 Å². The van der Waals surface area contributed by atoms with Crippen LogP contribution in [-0.4, -0.2) is 42.9 Å². The number of rotatable bonds is 6. The minimum Gasteiger partial charge on any atom is -0.481 e. The van der Waals surface area contributed by atoms with Crippen molar-refractivity contribution in [2.24, 2.45) is 5.92 Å². The maximum Gasteiger partial charge on any atom is 0.314 e. The molecule has 0 aliphatic rings. The first-order valence-corrected chi connectivity index (χ1v) is 5.08. The Bertz CT molecular complexity index is 253. The van der Waals surface area contributed by atoms with Crippen LogP contribution in [0.5, 0.6) is 0 Å². The van der Waals surface area contributed by atoms with Crippen LogP contribution < -0.4 is 10.6 Å². The minimum absolute atomic E-state index is 0.106. The van der Waals surface area contributed by atoms with E-state index >= 15 is 0 Å². The van der Waals surface area contributed by atoms with Crippen molar-refractivity contribution in [3.8, 4) is 0 Å². The highest BCUT2D eigenvalue weighted by molar-refractivity contribution is 5.75. The van der Waals surface area contributed by atoms with Crippen molar-refractivity contribution in [1.82, 2.24) is 10.6 Å². The van der Waals surface area contributed by atoms with Gasteiger partial charge in [0.25, 0.3) is 0 Å². The third-order valence-corrected chi connectivity index (χ3v) is 2.22. The first-order valence-electron chi connectivity index (χ1n) is 5.08. The number of hydrogen-bond donors (Lipinski definition) is 3. The number of carbonyl (C=O) groups excluding carboxylic acids is 1. The van der Waals surface area contributed by atoms with Crippen LogP contribution in [0.4, 0.5) is 4.79 Å². The molecule has 0 radical (unpaired) electrons. The van der Waals surface area contributed by atoms with E-state index in [1.54, 1.807) is 7.11 Å². The van der Waals surface area contributed by atoms with E-state index in [1.165, 1.54) is 6.92 Å². The Kier molecular flexibility index (Phi) is 5.81. The Morgan fingerprint density at radius 3 is 2.38 bits per heavy atom. The van der Waals surface area contributed by atoms with Gasteiger partial charge in [0.2, 0.25) is 0 Å². The summed E-state index contributed by atoms with van der Waals surface area (Å²) >= 11 is 0. The molecule has 94 valence electrons. The monoisotopic (exact) mass is 232 g/mol. The molecule has 1 atom stereocenters. The van der Waals surface area contributed by atoms with E-state index < -0.39 is 23.5 Å². The van der Waals surface area contributed by atoms with Crippen LogP contribution in [0.1, 0.15) is 20.8 Å². The number of amides is 2. The molecule has 2 amide bonds. The molecule has 0 rings (SSSR count). The largest absolute Gasteiger partial charge is 0.481 e. The highest BCUT2D eigenvalue weighted by Crippen LogP contribution is 2.04. The maximum atomic E-state index is 11.3. The van der Waals surface area contributed by atoms with Gasteiger partial charge in [0.15, 0.2) is 0 Å². The van der Waals surface area contributed by atoms with Crippen LogP contribution in [0.2, 0.25) is 0 Å². The summed E-state index contributed by atoms with van der Waals surface area (Å²) < 4.78 is 5.12. The van der Waals surface area contributed by atoms with Gasteiger partial charge >= 0.3 is 12.0 Å². The van der Waals surface area contributed by atoms with E-state index in [9.17, 15) is 9.59 Å². The summed E-state index contributed by atoms with van der Waals surface area (Å²) in [6.45, 7) is 5.67. The van der Waals surface area contributed by atoms with Crippen LogP contribution in [0, 0.1) is 5.92 Å². The molecule has 0 aromatic heterocycles. The van der Waals surface area contributed by atoms with Crippen molar-refractivity contribution < 1.29 is 19.4 Å². The number of urea groups is 1. The lowest BCUT2D eigenvalue weighted by Crippen LogP contribution is -2.45. The van der Waals surface area contributed by atoms with Gasteiger partial charge in [-0.3, -0.25) is 4.79 Å². The zero-order chi connectivity index (χ0) is 12.8. The standard InChI is InChI=1S/C10H20N2O4/c1-7(8(13)14)5-11-9(15)12-6-10(2,3)16-4/h7H,5-6H2,1-4H3,(H,13,14)(H2,11,12,15). The van der Waals surface area contributed by atoms with Crippen LogP contribution in [0.3, 0.4) is 0 Å². The topological polar surface area (TPSA) is 87.7 Å². The summed E-state index contributed by atoms with van der Waals surface area (Å²) in [6.07, 6.45) is 0. The molecule has 0 spiro atoms. The molecule has 0 fully saturated rings. The Morgan fingerprint density at radius 1 is 1.38 bits per heavy atom. The lowest BCUT2D eigenvalue weighted by atomic mass is 10.1. The third kappa shape index (κ3) is 6.23. The van der Waals surface area contributed by atoms with Crippen LogP contribution in [0.25, 0.3) is 0 Å². The molecular formula is C10H20N2O4. The van der Waals surface area contributed by atoms with E-state index in [2.05, 4.69) is 10.6 Å². The molecule has 0 heterocycles. The van der Waals surface area contributed by atoms with Gasteiger partial charge in [-0.2, -0.15) is 0 Å². The Balaban J connectivity index is 3.80. The lowest BCUT2D eigenvalue weighted by Gasteiger charge is -2.23. The summed E-state index contributed by atoms with van der Waals surface area (Å²) in [5.74, 6) is -1.53. The van der Waals surface area contributed by atoms with E-state index in [0.29, 0.717) is 6.54 Å². The van der Waals surface area contributed by atoms with E-state index in [4.69, 9.17) is 9.84 Å². The molecule has 0 aliphatic carbocycles. The van der Waals surface area contributed by atoms with Gasteiger partial charge in [-0.05, 0) is 13.8 Å². The van der Waals surface area contributed by atoms with Crippen molar-refractivity contribution in [3.63, 3.8) is 0 Å². The van der Waals surface area contributed by atoms with E-state index in [1.807, 2.05) is 13.8 Å².